The van der Waals surface area contributed by atoms with Crippen LogP contribution < -0.4 is 10.6 Å². The van der Waals surface area contributed by atoms with Gasteiger partial charge in [-0.15, -0.1) is 0 Å². The second-order valence-electron chi connectivity index (χ2n) is 5.12. The summed E-state index contributed by atoms with van der Waals surface area (Å²) in [7, 11) is 3.63. The molecule has 0 radical (unpaired) electrons. The first-order valence-electron chi connectivity index (χ1n) is 6.91. The predicted octanol–water partition coefficient (Wildman–Crippen LogP) is 2.20. The smallest absolute Gasteiger partial charge is 0.321 e. The van der Waals surface area contributed by atoms with Gasteiger partial charge in [0.2, 0.25) is 0 Å². The fraction of sp³-hybridized carbons (Fsp3) is 0.533. The van der Waals surface area contributed by atoms with Gasteiger partial charge >= 0.3 is 6.03 Å². The number of hydrogen-bond donors (Lipinski definition) is 3. The van der Waals surface area contributed by atoms with Crippen molar-refractivity contribution in [2.24, 2.45) is 0 Å². The van der Waals surface area contributed by atoms with Gasteiger partial charge in [-0.1, -0.05) is 12.1 Å². The van der Waals surface area contributed by atoms with Gasteiger partial charge in [-0.3, -0.25) is 0 Å². The van der Waals surface area contributed by atoms with Gasteiger partial charge in [0.05, 0.1) is 6.10 Å². The molecule has 0 bridgehead atoms. The maximum Gasteiger partial charge on any atom is 0.321 e. The number of nitrogens with one attached hydrogen (secondary N) is 2. The molecule has 0 saturated carbocycles. The summed E-state index contributed by atoms with van der Waals surface area (Å²) in [5, 5.41) is 15.2. The molecule has 3 N–H and O–H groups in total. The van der Waals surface area contributed by atoms with Gasteiger partial charge in [0.1, 0.15) is 0 Å². The summed E-state index contributed by atoms with van der Waals surface area (Å²) in [6.45, 7) is 4.32. The third-order valence-electron chi connectivity index (χ3n) is 3.32. The molecule has 0 aromatic heterocycles. The van der Waals surface area contributed by atoms with Gasteiger partial charge in [0.25, 0.3) is 0 Å². The number of carbonyl (C=O) groups is 1. The summed E-state index contributed by atoms with van der Waals surface area (Å²) in [6, 6.07) is 7.89. The summed E-state index contributed by atoms with van der Waals surface area (Å²) in [6.07, 6.45) is 0.176. The molecule has 0 saturated heterocycles. The Kier molecular flexibility index (Phi) is 6.48. The van der Waals surface area contributed by atoms with Crippen LogP contribution in [-0.4, -0.2) is 42.8 Å². The lowest BCUT2D eigenvalue weighted by Crippen LogP contribution is -2.33. The minimum Gasteiger partial charge on any atom is -0.393 e. The molecule has 1 aromatic carbocycles. The van der Waals surface area contributed by atoms with Crippen LogP contribution in [0.25, 0.3) is 0 Å². The Morgan fingerprint density at radius 1 is 1.30 bits per heavy atom. The number of aliphatic hydroxyl groups is 1. The SMILES string of the molecule is CNC(C)c1ccc(NC(=O)N(C)CCC(C)O)cc1. The number of urea groups is 1. The second-order valence-corrected chi connectivity index (χ2v) is 5.12. The highest BCUT2D eigenvalue weighted by Gasteiger charge is 2.10. The largest absolute Gasteiger partial charge is 0.393 e. The van der Waals surface area contributed by atoms with E-state index in [1.54, 1.807) is 18.9 Å². The summed E-state index contributed by atoms with van der Waals surface area (Å²) < 4.78 is 0. The van der Waals surface area contributed by atoms with Crippen LogP contribution in [0, 0.1) is 0 Å². The first kappa shape index (κ1) is 16.5. The topological polar surface area (TPSA) is 64.6 Å². The Morgan fingerprint density at radius 2 is 1.90 bits per heavy atom. The fourth-order valence-electron chi connectivity index (χ4n) is 1.72. The van der Waals surface area contributed by atoms with Gasteiger partial charge in [-0.25, -0.2) is 4.79 Å². The Balaban J connectivity index is 2.53. The third-order valence-corrected chi connectivity index (χ3v) is 3.32. The fourth-order valence-corrected chi connectivity index (χ4v) is 1.72. The van der Waals surface area contributed by atoms with Crippen LogP contribution in [0.1, 0.15) is 31.9 Å². The number of carbonyl (C=O) groups excluding carboxylic acids is 1. The zero-order valence-electron chi connectivity index (χ0n) is 12.7. The summed E-state index contributed by atoms with van der Waals surface area (Å²) in [5.74, 6) is 0. The van der Waals surface area contributed by atoms with E-state index < -0.39 is 6.10 Å². The predicted molar refractivity (Wildman–Crippen MR) is 81.9 cm³/mol. The molecule has 5 nitrogen and oxygen atoms in total. The van der Waals surface area contributed by atoms with Crippen molar-refractivity contribution in [2.75, 3.05) is 26.0 Å². The highest BCUT2D eigenvalue weighted by Crippen LogP contribution is 2.15. The molecule has 1 rings (SSSR count). The number of benzene rings is 1. The van der Waals surface area contributed by atoms with Gasteiger partial charge in [0.15, 0.2) is 0 Å². The highest BCUT2D eigenvalue weighted by molar-refractivity contribution is 5.89. The van der Waals surface area contributed by atoms with Crippen LogP contribution in [0.5, 0.6) is 0 Å². The van der Waals surface area contributed by atoms with Gasteiger partial charge in [-0.2, -0.15) is 0 Å². The van der Waals surface area contributed by atoms with Crippen LogP contribution in [0.2, 0.25) is 0 Å². The Labute approximate surface area is 121 Å². The molecule has 0 aliphatic carbocycles. The molecule has 0 spiro atoms. The molecular weight excluding hydrogens is 254 g/mol. The minimum atomic E-state index is -0.396. The van der Waals surface area contributed by atoms with Crippen LogP contribution in [0.15, 0.2) is 24.3 Å². The number of rotatable bonds is 6. The van der Waals surface area contributed by atoms with Gasteiger partial charge in [-0.05, 0) is 45.0 Å². The number of amides is 2. The van der Waals surface area contributed by atoms with Crippen LogP contribution in [-0.2, 0) is 0 Å². The van der Waals surface area contributed by atoms with E-state index in [0.29, 0.717) is 13.0 Å². The lowest BCUT2D eigenvalue weighted by Gasteiger charge is -2.19. The zero-order valence-corrected chi connectivity index (χ0v) is 12.7. The molecule has 20 heavy (non-hydrogen) atoms. The lowest BCUT2D eigenvalue weighted by molar-refractivity contribution is 0.167. The van der Waals surface area contributed by atoms with E-state index in [9.17, 15) is 9.90 Å². The van der Waals surface area contributed by atoms with Gasteiger partial charge < -0.3 is 20.6 Å². The average molecular weight is 279 g/mol. The summed E-state index contributed by atoms with van der Waals surface area (Å²) in [5.41, 5.74) is 1.94. The molecule has 2 amide bonds. The Hall–Kier alpha value is -1.59. The van der Waals surface area contributed by atoms with Crippen molar-refractivity contribution in [2.45, 2.75) is 32.4 Å². The molecule has 112 valence electrons. The molecule has 0 heterocycles. The van der Waals surface area contributed by atoms with Crippen LogP contribution in [0.4, 0.5) is 10.5 Å². The van der Waals surface area contributed by atoms with E-state index in [1.165, 1.54) is 5.56 Å². The molecule has 1 aromatic rings. The number of anilines is 1. The monoisotopic (exact) mass is 279 g/mol. The van der Waals surface area contributed by atoms with Crippen LogP contribution >= 0.6 is 0 Å². The Bertz CT molecular complexity index is 418. The first-order chi connectivity index (χ1) is 9.43. The molecular formula is C15H25N3O2. The van der Waals surface area contributed by atoms with Gasteiger partial charge in [0, 0.05) is 25.3 Å². The second kappa shape index (κ2) is 7.87. The van der Waals surface area contributed by atoms with Crippen molar-refractivity contribution in [1.82, 2.24) is 10.2 Å². The van der Waals surface area contributed by atoms with Crippen molar-refractivity contribution in [1.29, 1.82) is 0 Å². The average Bonchev–Trinajstić information content (AvgIpc) is 2.44. The van der Waals surface area contributed by atoms with Crippen molar-refractivity contribution >= 4 is 11.7 Å². The molecule has 2 unspecified atom stereocenters. The standard InChI is InChI=1S/C15H25N3O2/c1-11(19)9-10-18(4)15(20)17-14-7-5-13(6-8-14)12(2)16-3/h5-8,11-12,16,19H,9-10H2,1-4H3,(H,17,20). The normalized spacial score (nSPS) is 13.7. The number of nitrogens with zero attached hydrogens (tertiary/aromatic N) is 1. The molecule has 0 fully saturated rings. The molecule has 2 atom stereocenters. The maximum absolute atomic E-state index is 11.9. The van der Waals surface area contributed by atoms with Crippen molar-refractivity contribution in [3.63, 3.8) is 0 Å². The Morgan fingerprint density at radius 3 is 2.40 bits per heavy atom. The lowest BCUT2D eigenvalue weighted by atomic mass is 10.1. The third kappa shape index (κ3) is 5.19. The minimum absolute atomic E-state index is 0.167. The van der Waals surface area contributed by atoms with Crippen molar-refractivity contribution in [3.8, 4) is 0 Å². The quantitative estimate of drug-likeness (QED) is 0.748. The van der Waals surface area contributed by atoms with E-state index in [2.05, 4.69) is 17.6 Å². The molecule has 0 aliphatic rings. The van der Waals surface area contributed by atoms with E-state index in [1.807, 2.05) is 31.3 Å². The van der Waals surface area contributed by atoms with E-state index >= 15 is 0 Å². The van der Waals surface area contributed by atoms with E-state index in [0.717, 1.165) is 5.69 Å². The molecule has 0 aliphatic heterocycles. The first-order valence-corrected chi connectivity index (χ1v) is 6.91. The number of hydrogen-bond acceptors (Lipinski definition) is 3. The van der Waals surface area contributed by atoms with Crippen molar-refractivity contribution in [3.05, 3.63) is 29.8 Å². The zero-order chi connectivity index (χ0) is 15.1. The van der Waals surface area contributed by atoms with Crippen LogP contribution in [0.3, 0.4) is 0 Å². The highest BCUT2D eigenvalue weighted by atomic mass is 16.3. The summed E-state index contributed by atoms with van der Waals surface area (Å²) in [4.78, 5) is 13.5. The maximum atomic E-state index is 11.9. The van der Waals surface area contributed by atoms with E-state index in [-0.39, 0.29) is 12.1 Å². The number of aliphatic hydroxyl groups excluding tert-OH is 1. The van der Waals surface area contributed by atoms with Crippen molar-refractivity contribution < 1.29 is 9.90 Å². The van der Waals surface area contributed by atoms with E-state index in [4.69, 9.17) is 0 Å². The molecule has 5 heteroatoms. The summed E-state index contributed by atoms with van der Waals surface area (Å²) >= 11 is 0.